The van der Waals surface area contributed by atoms with Crippen molar-refractivity contribution < 1.29 is 14.3 Å². The number of methoxy groups -OCH3 is 2. The molecule has 0 unspecified atom stereocenters. The number of carbonyl (C=O) groups excluding carboxylic acids is 1. The SMILES string of the molecule is COc1cc(OC)nc(CC(=O)C2CC2)n1. The number of hydrogen-bond donors (Lipinski definition) is 0. The zero-order valence-corrected chi connectivity index (χ0v) is 9.40. The third kappa shape index (κ3) is 2.48. The summed E-state index contributed by atoms with van der Waals surface area (Å²) < 4.78 is 10.0. The maximum absolute atomic E-state index is 11.6. The lowest BCUT2D eigenvalue weighted by molar-refractivity contribution is -0.119. The molecular formula is C11H14N2O3. The van der Waals surface area contributed by atoms with Crippen molar-refractivity contribution in [1.82, 2.24) is 9.97 Å². The fourth-order valence-electron chi connectivity index (χ4n) is 1.44. The lowest BCUT2D eigenvalue weighted by Crippen LogP contribution is -2.09. The Morgan fingerprint density at radius 2 is 1.88 bits per heavy atom. The predicted octanol–water partition coefficient (Wildman–Crippen LogP) is 1.02. The van der Waals surface area contributed by atoms with E-state index in [1.807, 2.05) is 0 Å². The van der Waals surface area contributed by atoms with Crippen LogP contribution in [0, 0.1) is 5.92 Å². The van der Waals surface area contributed by atoms with Gasteiger partial charge in [0.05, 0.1) is 26.7 Å². The molecule has 1 saturated carbocycles. The quantitative estimate of drug-likeness (QED) is 0.744. The number of carbonyl (C=O) groups is 1. The molecule has 0 amide bonds. The van der Waals surface area contributed by atoms with Crippen molar-refractivity contribution in [2.24, 2.45) is 5.92 Å². The molecule has 86 valence electrons. The van der Waals surface area contributed by atoms with Gasteiger partial charge in [0.25, 0.3) is 0 Å². The van der Waals surface area contributed by atoms with E-state index in [4.69, 9.17) is 9.47 Å². The second-order valence-corrected chi connectivity index (χ2v) is 3.79. The van der Waals surface area contributed by atoms with E-state index in [0.717, 1.165) is 12.8 Å². The van der Waals surface area contributed by atoms with Crippen LogP contribution in [0.4, 0.5) is 0 Å². The molecule has 1 fully saturated rings. The number of nitrogens with zero attached hydrogens (tertiary/aromatic N) is 2. The van der Waals surface area contributed by atoms with Crippen LogP contribution in [0.15, 0.2) is 6.07 Å². The molecule has 16 heavy (non-hydrogen) atoms. The minimum Gasteiger partial charge on any atom is -0.481 e. The Bertz CT molecular complexity index is 380. The van der Waals surface area contributed by atoms with Crippen LogP contribution in [0.2, 0.25) is 0 Å². The lowest BCUT2D eigenvalue weighted by atomic mass is 10.2. The topological polar surface area (TPSA) is 61.3 Å². The van der Waals surface area contributed by atoms with Gasteiger partial charge in [0, 0.05) is 5.92 Å². The molecule has 5 nitrogen and oxygen atoms in total. The molecule has 5 heteroatoms. The molecular weight excluding hydrogens is 208 g/mol. The number of ketones is 1. The lowest BCUT2D eigenvalue weighted by Gasteiger charge is -2.05. The first kappa shape index (κ1) is 10.9. The van der Waals surface area contributed by atoms with E-state index >= 15 is 0 Å². The molecule has 0 bridgehead atoms. The largest absolute Gasteiger partial charge is 0.481 e. The van der Waals surface area contributed by atoms with Gasteiger partial charge < -0.3 is 9.47 Å². The van der Waals surface area contributed by atoms with Gasteiger partial charge in [0.2, 0.25) is 11.8 Å². The van der Waals surface area contributed by atoms with Crippen molar-refractivity contribution >= 4 is 5.78 Å². The van der Waals surface area contributed by atoms with E-state index < -0.39 is 0 Å². The van der Waals surface area contributed by atoms with E-state index in [0.29, 0.717) is 17.6 Å². The fraction of sp³-hybridized carbons (Fsp3) is 0.545. The molecule has 1 heterocycles. The Labute approximate surface area is 93.8 Å². The second-order valence-electron chi connectivity index (χ2n) is 3.79. The van der Waals surface area contributed by atoms with Gasteiger partial charge >= 0.3 is 0 Å². The minimum absolute atomic E-state index is 0.204. The molecule has 0 aromatic carbocycles. The van der Waals surface area contributed by atoms with Crippen molar-refractivity contribution in [3.8, 4) is 11.8 Å². The Hall–Kier alpha value is -1.65. The number of ether oxygens (including phenoxy) is 2. The highest BCUT2D eigenvalue weighted by molar-refractivity contribution is 5.84. The monoisotopic (exact) mass is 222 g/mol. The zero-order chi connectivity index (χ0) is 11.5. The molecule has 0 atom stereocenters. The Balaban J connectivity index is 2.14. The third-order valence-electron chi connectivity index (χ3n) is 2.51. The summed E-state index contributed by atoms with van der Waals surface area (Å²) >= 11 is 0. The molecule has 1 aromatic rings. The standard InChI is InChI=1S/C11H14N2O3/c1-15-10-6-11(16-2)13-9(12-10)5-8(14)7-3-4-7/h6-7H,3-5H2,1-2H3. The molecule has 1 aliphatic carbocycles. The normalized spacial score (nSPS) is 14.6. The van der Waals surface area contributed by atoms with Crippen molar-refractivity contribution in [3.63, 3.8) is 0 Å². The van der Waals surface area contributed by atoms with Crippen LogP contribution in [0.25, 0.3) is 0 Å². The Kier molecular flexibility index (Phi) is 3.03. The number of hydrogen-bond acceptors (Lipinski definition) is 5. The summed E-state index contributed by atoms with van der Waals surface area (Å²) in [5, 5.41) is 0. The van der Waals surface area contributed by atoms with Crippen LogP contribution in [0.3, 0.4) is 0 Å². The number of Topliss-reactive ketones (excluding diaryl/α,β-unsaturated/α-hetero) is 1. The van der Waals surface area contributed by atoms with Crippen molar-refractivity contribution in [2.45, 2.75) is 19.3 Å². The third-order valence-corrected chi connectivity index (χ3v) is 2.51. The minimum atomic E-state index is 0.204. The van der Waals surface area contributed by atoms with E-state index in [-0.39, 0.29) is 18.1 Å². The van der Waals surface area contributed by atoms with E-state index in [9.17, 15) is 4.79 Å². The summed E-state index contributed by atoms with van der Waals surface area (Å²) in [5.41, 5.74) is 0. The van der Waals surface area contributed by atoms with Crippen LogP contribution in [-0.4, -0.2) is 30.0 Å². The summed E-state index contributed by atoms with van der Waals surface area (Å²) in [4.78, 5) is 19.8. The molecule has 1 aromatic heterocycles. The van der Waals surface area contributed by atoms with Gasteiger partial charge in [-0.3, -0.25) is 4.79 Å². The van der Waals surface area contributed by atoms with Crippen molar-refractivity contribution in [1.29, 1.82) is 0 Å². The molecule has 0 aliphatic heterocycles. The maximum Gasteiger partial charge on any atom is 0.220 e. The van der Waals surface area contributed by atoms with Crippen LogP contribution >= 0.6 is 0 Å². The van der Waals surface area contributed by atoms with Crippen molar-refractivity contribution in [3.05, 3.63) is 11.9 Å². The average Bonchev–Trinajstić information content (AvgIpc) is 3.12. The maximum atomic E-state index is 11.6. The molecule has 0 saturated heterocycles. The number of rotatable bonds is 5. The molecule has 0 N–H and O–H groups in total. The zero-order valence-electron chi connectivity index (χ0n) is 9.40. The fourth-order valence-corrected chi connectivity index (χ4v) is 1.44. The van der Waals surface area contributed by atoms with E-state index in [2.05, 4.69) is 9.97 Å². The van der Waals surface area contributed by atoms with Gasteiger partial charge in [0.1, 0.15) is 11.6 Å². The highest BCUT2D eigenvalue weighted by Crippen LogP contribution is 2.30. The van der Waals surface area contributed by atoms with E-state index in [1.54, 1.807) is 6.07 Å². The Morgan fingerprint density at radius 3 is 2.31 bits per heavy atom. The molecule has 2 rings (SSSR count). The summed E-state index contributed by atoms with van der Waals surface area (Å²) in [5.74, 6) is 1.74. The first-order valence-electron chi connectivity index (χ1n) is 5.21. The summed E-state index contributed by atoms with van der Waals surface area (Å²) in [6, 6.07) is 1.59. The van der Waals surface area contributed by atoms with Crippen molar-refractivity contribution in [2.75, 3.05) is 14.2 Å². The highest BCUT2D eigenvalue weighted by Gasteiger charge is 2.30. The molecule has 0 spiro atoms. The first-order valence-corrected chi connectivity index (χ1v) is 5.21. The molecule has 0 radical (unpaired) electrons. The summed E-state index contributed by atoms with van der Waals surface area (Å²) in [6.45, 7) is 0. The van der Waals surface area contributed by atoms with Gasteiger partial charge in [-0.05, 0) is 12.8 Å². The average molecular weight is 222 g/mol. The van der Waals surface area contributed by atoms with Gasteiger partial charge in [0.15, 0.2) is 0 Å². The van der Waals surface area contributed by atoms with E-state index in [1.165, 1.54) is 14.2 Å². The van der Waals surface area contributed by atoms with Gasteiger partial charge in [-0.15, -0.1) is 0 Å². The summed E-state index contributed by atoms with van der Waals surface area (Å²) in [6.07, 6.45) is 2.26. The first-order chi connectivity index (χ1) is 7.72. The van der Waals surface area contributed by atoms with Gasteiger partial charge in [-0.2, -0.15) is 9.97 Å². The van der Waals surface area contributed by atoms with Crippen LogP contribution in [0.1, 0.15) is 18.7 Å². The van der Waals surface area contributed by atoms with Crippen LogP contribution in [-0.2, 0) is 11.2 Å². The summed E-state index contributed by atoms with van der Waals surface area (Å²) in [7, 11) is 3.04. The predicted molar refractivity (Wildman–Crippen MR) is 56.6 cm³/mol. The highest BCUT2D eigenvalue weighted by atomic mass is 16.5. The van der Waals surface area contributed by atoms with Gasteiger partial charge in [-0.25, -0.2) is 0 Å². The number of aromatic nitrogens is 2. The van der Waals surface area contributed by atoms with Crippen LogP contribution < -0.4 is 9.47 Å². The second kappa shape index (κ2) is 4.47. The van der Waals surface area contributed by atoms with Crippen LogP contribution in [0.5, 0.6) is 11.8 Å². The Morgan fingerprint density at radius 1 is 1.31 bits per heavy atom. The van der Waals surface area contributed by atoms with Gasteiger partial charge in [-0.1, -0.05) is 0 Å². The molecule has 1 aliphatic rings. The smallest absolute Gasteiger partial charge is 0.220 e.